The number of carboxylic acid groups (broad SMARTS) is 1. The predicted octanol–water partition coefficient (Wildman–Crippen LogP) is 2.32. The summed E-state index contributed by atoms with van der Waals surface area (Å²) in [6.07, 6.45) is 0. The summed E-state index contributed by atoms with van der Waals surface area (Å²) in [4.78, 5) is 22.6. The molecular formula is C13H16O4S. The molecule has 1 aromatic carbocycles. The molecule has 5 heteroatoms. The third-order valence-corrected chi connectivity index (χ3v) is 3.28. The second-order valence-electron chi connectivity index (χ2n) is 4.00. The van der Waals surface area contributed by atoms with Gasteiger partial charge in [0.15, 0.2) is 5.25 Å². The maximum absolute atomic E-state index is 11.7. The molecule has 18 heavy (non-hydrogen) atoms. The molecule has 0 aliphatic rings. The van der Waals surface area contributed by atoms with E-state index in [2.05, 4.69) is 0 Å². The summed E-state index contributed by atoms with van der Waals surface area (Å²) in [7, 11) is 0. The number of rotatable bonds is 6. The average molecular weight is 268 g/mol. The Labute approximate surface area is 110 Å². The largest absolute Gasteiger partial charge is 0.480 e. The minimum Gasteiger partial charge on any atom is -0.480 e. The lowest BCUT2D eigenvalue weighted by Gasteiger charge is -2.13. The van der Waals surface area contributed by atoms with Crippen molar-refractivity contribution in [3.05, 3.63) is 35.9 Å². The first-order chi connectivity index (χ1) is 8.50. The van der Waals surface area contributed by atoms with E-state index in [1.54, 1.807) is 0 Å². The minimum absolute atomic E-state index is 0.0513. The molecule has 0 spiro atoms. The Hall–Kier alpha value is -1.49. The van der Waals surface area contributed by atoms with Gasteiger partial charge in [-0.15, -0.1) is 11.8 Å². The lowest BCUT2D eigenvalue weighted by Crippen LogP contribution is -2.30. The molecule has 1 N–H and O–H groups in total. The van der Waals surface area contributed by atoms with Crippen LogP contribution in [0, 0.1) is 0 Å². The standard InChI is InChI=1S/C13H16O4S/c1-9(2)18-11(12(14)15)13(16)17-8-10-6-4-3-5-7-10/h3-7,9,11H,8H2,1-2H3,(H,14,15)/t11-/m0/s1. The Bertz CT molecular complexity index is 403. The molecule has 1 rings (SSSR count). The maximum Gasteiger partial charge on any atom is 0.330 e. The Morgan fingerprint density at radius 3 is 2.39 bits per heavy atom. The van der Waals surface area contributed by atoms with Gasteiger partial charge in [-0.3, -0.25) is 9.59 Å². The van der Waals surface area contributed by atoms with Crippen LogP contribution in [-0.4, -0.2) is 27.5 Å². The number of thioether (sulfide) groups is 1. The molecule has 1 atom stereocenters. The number of hydrogen-bond acceptors (Lipinski definition) is 4. The summed E-state index contributed by atoms with van der Waals surface area (Å²) in [5.41, 5.74) is 0.838. The predicted molar refractivity (Wildman–Crippen MR) is 70.4 cm³/mol. The van der Waals surface area contributed by atoms with E-state index in [-0.39, 0.29) is 11.9 Å². The van der Waals surface area contributed by atoms with Crippen molar-refractivity contribution in [3.63, 3.8) is 0 Å². The summed E-state index contributed by atoms with van der Waals surface area (Å²) in [6.45, 7) is 3.78. The van der Waals surface area contributed by atoms with E-state index < -0.39 is 17.2 Å². The highest BCUT2D eigenvalue weighted by atomic mass is 32.2. The second kappa shape index (κ2) is 7.06. The quantitative estimate of drug-likeness (QED) is 0.633. The number of esters is 1. The smallest absolute Gasteiger partial charge is 0.330 e. The fourth-order valence-corrected chi connectivity index (χ4v) is 2.13. The van der Waals surface area contributed by atoms with Crippen molar-refractivity contribution in [2.45, 2.75) is 31.0 Å². The second-order valence-corrected chi connectivity index (χ2v) is 5.68. The zero-order valence-corrected chi connectivity index (χ0v) is 11.1. The summed E-state index contributed by atoms with van der Waals surface area (Å²) >= 11 is 1.08. The van der Waals surface area contributed by atoms with Crippen molar-refractivity contribution in [1.29, 1.82) is 0 Å². The first-order valence-corrected chi connectivity index (χ1v) is 6.54. The van der Waals surface area contributed by atoms with Gasteiger partial charge in [-0.05, 0) is 5.56 Å². The van der Waals surface area contributed by atoms with Gasteiger partial charge in [0, 0.05) is 5.25 Å². The molecule has 0 amide bonds. The van der Waals surface area contributed by atoms with Crippen LogP contribution in [0.1, 0.15) is 19.4 Å². The third-order valence-electron chi connectivity index (χ3n) is 2.07. The molecule has 0 fully saturated rings. The zero-order chi connectivity index (χ0) is 13.5. The molecule has 0 saturated carbocycles. The van der Waals surface area contributed by atoms with Crippen LogP contribution in [0.15, 0.2) is 30.3 Å². The van der Waals surface area contributed by atoms with Crippen molar-refractivity contribution in [2.24, 2.45) is 0 Å². The van der Waals surface area contributed by atoms with Crippen molar-refractivity contribution in [1.82, 2.24) is 0 Å². The van der Waals surface area contributed by atoms with E-state index in [0.29, 0.717) is 0 Å². The summed E-state index contributed by atoms with van der Waals surface area (Å²) < 4.78 is 5.01. The molecule has 0 bridgehead atoms. The highest BCUT2D eigenvalue weighted by molar-refractivity contribution is 8.01. The van der Waals surface area contributed by atoms with Gasteiger partial charge in [-0.2, -0.15) is 0 Å². The lowest BCUT2D eigenvalue weighted by molar-refractivity contribution is -0.151. The van der Waals surface area contributed by atoms with Crippen LogP contribution in [-0.2, 0) is 20.9 Å². The summed E-state index contributed by atoms with van der Waals surface area (Å²) in [5.74, 6) is -1.86. The van der Waals surface area contributed by atoms with Gasteiger partial charge in [0.25, 0.3) is 0 Å². The number of carbonyl (C=O) groups excluding carboxylic acids is 1. The fourth-order valence-electron chi connectivity index (χ4n) is 1.29. The van der Waals surface area contributed by atoms with Gasteiger partial charge in [0.05, 0.1) is 0 Å². The summed E-state index contributed by atoms with van der Waals surface area (Å²) in [5, 5.41) is 7.86. The molecule has 0 aliphatic carbocycles. The number of ether oxygens (including phenoxy) is 1. The number of hydrogen-bond donors (Lipinski definition) is 1. The molecular weight excluding hydrogens is 252 g/mol. The molecule has 4 nitrogen and oxygen atoms in total. The molecule has 1 aromatic rings. The lowest BCUT2D eigenvalue weighted by atomic mass is 10.2. The molecule has 0 aliphatic heterocycles. The minimum atomic E-state index is -1.16. The molecule has 0 unspecified atom stereocenters. The Morgan fingerprint density at radius 1 is 1.28 bits per heavy atom. The normalized spacial score (nSPS) is 12.2. The van der Waals surface area contributed by atoms with Gasteiger partial charge >= 0.3 is 11.9 Å². The highest BCUT2D eigenvalue weighted by Crippen LogP contribution is 2.19. The van der Waals surface area contributed by atoms with Crippen LogP contribution in [0.3, 0.4) is 0 Å². The van der Waals surface area contributed by atoms with E-state index >= 15 is 0 Å². The molecule has 0 saturated heterocycles. The number of carbonyl (C=O) groups is 2. The van der Waals surface area contributed by atoms with Crippen LogP contribution in [0.4, 0.5) is 0 Å². The van der Waals surface area contributed by atoms with E-state index in [0.717, 1.165) is 17.3 Å². The fraction of sp³-hybridized carbons (Fsp3) is 0.385. The Morgan fingerprint density at radius 2 is 1.89 bits per heavy atom. The first kappa shape index (κ1) is 14.6. The monoisotopic (exact) mass is 268 g/mol. The van der Waals surface area contributed by atoms with E-state index in [1.807, 2.05) is 44.2 Å². The number of carboxylic acids is 1. The third kappa shape index (κ3) is 4.79. The van der Waals surface area contributed by atoms with E-state index in [9.17, 15) is 9.59 Å². The Balaban J connectivity index is 2.54. The van der Waals surface area contributed by atoms with Crippen LogP contribution in [0.25, 0.3) is 0 Å². The number of aliphatic carboxylic acids is 1. The van der Waals surface area contributed by atoms with Crippen molar-refractivity contribution < 1.29 is 19.4 Å². The van der Waals surface area contributed by atoms with Crippen LogP contribution >= 0.6 is 11.8 Å². The number of benzene rings is 1. The van der Waals surface area contributed by atoms with Gasteiger partial charge in [-0.25, -0.2) is 0 Å². The van der Waals surface area contributed by atoms with E-state index in [4.69, 9.17) is 9.84 Å². The molecule has 0 aromatic heterocycles. The van der Waals surface area contributed by atoms with E-state index in [1.165, 1.54) is 0 Å². The van der Waals surface area contributed by atoms with Gasteiger partial charge in [0.1, 0.15) is 6.61 Å². The van der Waals surface area contributed by atoms with Crippen molar-refractivity contribution >= 4 is 23.7 Å². The van der Waals surface area contributed by atoms with Crippen molar-refractivity contribution in [3.8, 4) is 0 Å². The van der Waals surface area contributed by atoms with Gasteiger partial charge < -0.3 is 9.84 Å². The molecule has 98 valence electrons. The molecule has 0 heterocycles. The maximum atomic E-state index is 11.7. The Kier molecular flexibility index (Phi) is 5.71. The van der Waals surface area contributed by atoms with Gasteiger partial charge in [0.2, 0.25) is 0 Å². The average Bonchev–Trinajstić information content (AvgIpc) is 2.34. The topological polar surface area (TPSA) is 63.6 Å². The SMILES string of the molecule is CC(C)S[C@@H](C(=O)O)C(=O)OCc1ccccc1. The van der Waals surface area contributed by atoms with Crippen molar-refractivity contribution in [2.75, 3.05) is 0 Å². The van der Waals surface area contributed by atoms with Crippen LogP contribution in [0.5, 0.6) is 0 Å². The summed E-state index contributed by atoms with van der Waals surface area (Å²) in [6, 6.07) is 9.17. The van der Waals surface area contributed by atoms with Crippen LogP contribution < -0.4 is 0 Å². The highest BCUT2D eigenvalue weighted by Gasteiger charge is 2.29. The van der Waals surface area contributed by atoms with Gasteiger partial charge in [-0.1, -0.05) is 44.2 Å². The molecule has 0 radical (unpaired) electrons. The first-order valence-electron chi connectivity index (χ1n) is 5.59. The van der Waals surface area contributed by atoms with Crippen LogP contribution in [0.2, 0.25) is 0 Å². The zero-order valence-electron chi connectivity index (χ0n) is 10.3.